The predicted octanol–water partition coefficient (Wildman–Crippen LogP) is 3.48. The summed E-state index contributed by atoms with van der Waals surface area (Å²) in [5.41, 5.74) is 2.05. The SMILES string of the molecule is O=C(NCC(=O)N1CCCC1c1ccccc1C(F)(F)F)NCc1ccc2c(c1)[C@H]1CC(N2)[C@H](O)CO1. The first-order chi connectivity index (χ1) is 17.7. The number of anilines is 1. The van der Waals surface area contributed by atoms with Gasteiger partial charge in [0.2, 0.25) is 5.91 Å². The zero-order valence-electron chi connectivity index (χ0n) is 20.1. The minimum absolute atomic E-state index is 0.0457. The normalized spacial score (nSPS) is 24.7. The minimum Gasteiger partial charge on any atom is -0.389 e. The first-order valence-electron chi connectivity index (χ1n) is 12.4. The smallest absolute Gasteiger partial charge is 0.389 e. The van der Waals surface area contributed by atoms with E-state index in [9.17, 15) is 27.9 Å². The lowest BCUT2D eigenvalue weighted by atomic mass is 9.89. The second-order valence-corrected chi connectivity index (χ2v) is 9.66. The Morgan fingerprint density at radius 1 is 1.14 bits per heavy atom. The van der Waals surface area contributed by atoms with Crippen LogP contribution in [0.25, 0.3) is 0 Å². The number of halogens is 3. The van der Waals surface area contributed by atoms with Crippen molar-refractivity contribution in [2.75, 3.05) is 25.0 Å². The van der Waals surface area contributed by atoms with Gasteiger partial charge in [-0.2, -0.15) is 13.2 Å². The molecule has 4 atom stereocenters. The largest absolute Gasteiger partial charge is 0.416 e. The molecule has 8 nitrogen and oxygen atoms in total. The van der Waals surface area contributed by atoms with E-state index in [-0.39, 0.29) is 37.4 Å². The predicted molar refractivity (Wildman–Crippen MR) is 129 cm³/mol. The average molecular weight is 519 g/mol. The third kappa shape index (κ3) is 5.37. The molecule has 0 saturated carbocycles. The van der Waals surface area contributed by atoms with Crippen LogP contribution < -0.4 is 16.0 Å². The summed E-state index contributed by atoms with van der Waals surface area (Å²) in [6.45, 7) is 0.505. The van der Waals surface area contributed by atoms with Crippen molar-refractivity contribution in [3.63, 3.8) is 0 Å². The molecule has 198 valence electrons. The van der Waals surface area contributed by atoms with E-state index in [0.29, 0.717) is 25.8 Å². The Balaban J connectivity index is 1.15. The molecule has 3 heterocycles. The van der Waals surface area contributed by atoms with Crippen LogP contribution in [0.1, 0.15) is 53.7 Å². The summed E-state index contributed by atoms with van der Waals surface area (Å²) >= 11 is 0. The molecule has 0 spiro atoms. The summed E-state index contributed by atoms with van der Waals surface area (Å²) in [4.78, 5) is 26.6. The lowest BCUT2D eigenvalue weighted by Crippen LogP contribution is -2.46. The van der Waals surface area contributed by atoms with Gasteiger partial charge in [-0.05, 0) is 42.2 Å². The number of alkyl halides is 3. The van der Waals surface area contributed by atoms with Crippen LogP contribution in [-0.2, 0) is 22.3 Å². The molecular formula is C26H29F3N4O4. The van der Waals surface area contributed by atoms with Crippen molar-refractivity contribution in [2.24, 2.45) is 0 Å². The van der Waals surface area contributed by atoms with Gasteiger partial charge in [-0.25, -0.2) is 4.79 Å². The highest BCUT2D eigenvalue weighted by Gasteiger charge is 2.39. The van der Waals surface area contributed by atoms with Gasteiger partial charge in [-0.1, -0.05) is 24.3 Å². The molecule has 2 aromatic rings. The molecule has 0 aromatic heterocycles. The van der Waals surface area contributed by atoms with Crippen LogP contribution in [0.5, 0.6) is 0 Å². The monoisotopic (exact) mass is 518 g/mol. The summed E-state index contributed by atoms with van der Waals surface area (Å²) in [5, 5.41) is 18.6. The zero-order valence-corrected chi connectivity index (χ0v) is 20.1. The number of benzene rings is 2. The number of nitrogens with one attached hydrogen (secondary N) is 3. The highest BCUT2D eigenvalue weighted by atomic mass is 19.4. The van der Waals surface area contributed by atoms with Gasteiger partial charge < -0.3 is 30.7 Å². The van der Waals surface area contributed by atoms with Crippen LogP contribution in [0.2, 0.25) is 0 Å². The van der Waals surface area contributed by atoms with Crippen LogP contribution in [0.3, 0.4) is 0 Å². The number of carbonyl (C=O) groups is 2. The quantitative estimate of drug-likeness (QED) is 0.486. The first-order valence-corrected chi connectivity index (χ1v) is 12.4. The van der Waals surface area contributed by atoms with Crippen LogP contribution >= 0.6 is 0 Å². The summed E-state index contributed by atoms with van der Waals surface area (Å²) in [5.74, 6) is -0.430. The number of ether oxygens (including phenoxy) is 1. The average Bonchev–Trinajstić information content (AvgIpc) is 3.38. The Kier molecular flexibility index (Phi) is 7.00. The number of urea groups is 1. The molecule has 2 bridgehead atoms. The van der Waals surface area contributed by atoms with E-state index in [1.165, 1.54) is 23.1 Å². The van der Waals surface area contributed by atoms with Gasteiger partial charge in [0.15, 0.2) is 0 Å². The van der Waals surface area contributed by atoms with Gasteiger partial charge in [0, 0.05) is 30.8 Å². The molecule has 37 heavy (non-hydrogen) atoms. The topological polar surface area (TPSA) is 103 Å². The Morgan fingerprint density at radius 2 is 1.95 bits per heavy atom. The van der Waals surface area contributed by atoms with Crippen LogP contribution in [0.4, 0.5) is 23.7 Å². The molecule has 3 amide bonds. The number of amides is 3. The van der Waals surface area contributed by atoms with Crippen LogP contribution in [0, 0.1) is 0 Å². The van der Waals surface area contributed by atoms with Crippen molar-refractivity contribution < 1.29 is 32.6 Å². The Labute approximate surface area is 212 Å². The number of likely N-dealkylation sites (tertiary alicyclic amines) is 1. The third-order valence-electron chi connectivity index (χ3n) is 7.26. The van der Waals surface area contributed by atoms with Crippen molar-refractivity contribution in [2.45, 2.75) is 56.3 Å². The first kappa shape index (κ1) is 25.3. The van der Waals surface area contributed by atoms with E-state index in [1.54, 1.807) is 0 Å². The second-order valence-electron chi connectivity index (χ2n) is 9.66. The van der Waals surface area contributed by atoms with E-state index >= 15 is 0 Å². The minimum atomic E-state index is -4.51. The third-order valence-corrected chi connectivity index (χ3v) is 7.26. The van der Waals surface area contributed by atoms with Crippen molar-refractivity contribution in [1.82, 2.24) is 15.5 Å². The van der Waals surface area contributed by atoms with E-state index in [2.05, 4.69) is 16.0 Å². The molecule has 2 unspecified atom stereocenters. The maximum Gasteiger partial charge on any atom is 0.416 e. The van der Waals surface area contributed by atoms with Crippen molar-refractivity contribution >= 4 is 17.6 Å². The van der Waals surface area contributed by atoms with Crippen molar-refractivity contribution in [3.8, 4) is 0 Å². The summed E-state index contributed by atoms with van der Waals surface area (Å²) in [7, 11) is 0. The molecule has 4 N–H and O–H groups in total. The summed E-state index contributed by atoms with van der Waals surface area (Å²) in [6, 6.07) is 9.73. The molecule has 2 aromatic carbocycles. The van der Waals surface area contributed by atoms with Crippen LogP contribution in [-0.4, -0.2) is 53.8 Å². The molecule has 3 aliphatic heterocycles. The number of aliphatic hydroxyl groups is 1. The molecule has 3 aliphatic rings. The fraction of sp³-hybridized carbons (Fsp3) is 0.462. The number of hydrogen-bond donors (Lipinski definition) is 4. The number of hydrogen-bond acceptors (Lipinski definition) is 5. The van der Waals surface area contributed by atoms with E-state index < -0.39 is 35.8 Å². The van der Waals surface area contributed by atoms with E-state index in [1.807, 2.05) is 18.2 Å². The lowest BCUT2D eigenvalue weighted by Gasteiger charge is -2.40. The van der Waals surface area contributed by atoms with Crippen molar-refractivity contribution in [3.05, 3.63) is 64.7 Å². The highest BCUT2D eigenvalue weighted by molar-refractivity contribution is 5.84. The van der Waals surface area contributed by atoms with Gasteiger partial charge in [0.25, 0.3) is 0 Å². The maximum atomic E-state index is 13.5. The van der Waals surface area contributed by atoms with Crippen molar-refractivity contribution in [1.29, 1.82) is 0 Å². The molecular weight excluding hydrogens is 489 g/mol. The number of rotatable bonds is 5. The van der Waals surface area contributed by atoms with Gasteiger partial charge in [-0.3, -0.25) is 4.79 Å². The fourth-order valence-corrected chi connectivity index (χ4v) is 5.41. The number of fused-ring (bicyclic) bond motifs is 4. The number of nitrogens with zero attached hydrogens (tertiary/aromatic N) is 1. The molecule has 5 rings (SSSR count). The highest BCUT2D eigenvalue weighted by Crippen LogP contribution is 2.41. The van der Waals surface area contributed by atoms with Gasteiger partial charge in [0.1, 0.15) is 0 Å². The van der Waals surface area contributed by atoms with E-state index in [4.69, 9.17) is 4.74 Å². The zero-order chi connectivity index (χ0) is 26.2. The Morgan fingerprint density at radius 3 is 2.76 bits per heavy atom. The molecule has 11 heteroatoms. The lowest BCUT2D eigenvalue weighted by molar-refractivity contribution is -0.140. The molecule has 0 aliphatic carbocycles. The molecule has 0 radical (unpaired) electrons. The van der Waals surface area contributed by atoms with Gasteiger partial charge in [0.05, 0.1) is 43.0 Å². The second kappa shape index (κ2) is 10.2. The summed E-state index contributed by atoms with van der Waals surface area (Å²) in [6.07, 6.45) is -3.49. The van der Waals surface area contributed by atoms with Gasteiger partial charge >= 0.3 is 12.2 Å². The maximum absolute atomic E-state index is 13.5. The fourth-order valence-electron chi connectivity index (χ4n) is 5.41. The summed E-state index contributed by atoms with van der Waals surface area (Å²) < 4.78 is 46.2. The molecule has 2 fully saturated rings. The Hall–Kier alpha value is -3.31. The number of carbonyl (C=O) groups excluding carboxylic acids is 2. The number of aliphatic hydroxyl groups excluding tert-OH is 1. The van der Waals surface area contributed by atoms with E-state index in [0.717, 1.165) is 22.9 Å². The standard InChI is InChI=1S/C26H29F3N4O4/c27-26(28,29)18-5-2-1-4-16(18)21-6-3-9-33(21)24(35)13-31-25(36)30-12-15-7-8-19-17(10-15)23-11-20(32-19)22(34)14-37-23/h1-2,4-5,7-8,10,20-23,32,34H,3,6,9,11-14H2,(H2,30,31,36)/t20?,21?,22-,23-/m1/s1. The molecule has 2 saturated heterocycles. The van der Waals surface area contributed by atoms with Gasteiger partial charge in [-0.15, -0.1) is 0 Å². The Bertz CT molecular complexity index is 1170. The van der Waals surface area contributed by atoms with Crippen LogP contribution in [0.15, 0.2) is 42.5 Å².